The van der Waals surface area contributed by atoms with E-state index in [1.165, 1.54) is 0 Å². The highest BCUT2D eigenvalue weighted by Crippen LogP contribution is 2.24. The number of anilines is 1. The number of amides is 1. The third-order valence-corrected chi connectivity index (χ3v) is 2.85. The van der Waals surface area contributed by atoms with Crippen LogP contribution in [0.15, 0.2) is 40.9 Å². The van der Waals surface area contributed by atoms with Crippen LogP contribution in [-0.4, -0.2) is 12.5 Å². The van der Waals surface area contributed by atoms with Crippen molar-refractivity contribution in [3.63, 3.8) is 0 Å². The van der Waals surface area contributed by atoms with Gasteiger partial charge in [-0.25, -0.2) is 0 Å². The molecule has 2 nitrogen and oxygen atoms in total. The maximum Gasteiger partial charge on any atom is 0.253 e. The molecule has 0 radical (unpaired) electrons. The Bertz CT molecular complexity index is 383. The lowest BCUT2D eigenvalue weighted by molar-refractivity contribution is -0.114. The molecular formula is C11H10BrNO. The fourth-order valence-electron chi connectivity index (χ4n) is 1.51. The second-order valence-electron chi connectivity index (χ2n) is 3.29. The Balaban J connectivity index is 2.28. The van der Waals surface area contributed by atoms with E-state index in [9.17, 15) is 4.79 Å². The average molecular weight is 252 g/mol. The number of rotatable bonds is 1. The van der Waals surface area contributed by atoms with Crippen LogP contribution in [0.1, 0.15) is 6.42 Å². The highest BCUT2D eigenvalue weighted by Gasteiger charge is 2.24. The zero-order valence-electron chi connectivity index (χ0n) is 7.66. The smallest absolute Gasteiger partial charge is 0.253 e. The van der Waals surface area contributed by atoms with Crippen molar-refractivity contribution in [3.05, 3.63) is 40.9 Å². The highest BCUT2D eigenvalue weighted by molar-refractivity contribution is 9.10. The summed E-state index contributed by atoms with van der Waals surface area (Å²) in [7, 11) is 0. The van der Waals surface area contributed by atoms with Gasteiger partial charge >= 0.3 is 0 Å². The molecule has 0 spiro atoms. The van der Waals surface area contributed by atoms with Gasteiger partial charge in [0.25, 0.3) is 5.91 Å². The van der Waals surface area contributed by atoms with E-state index in [1.54, 1.807) is 4.90 Å². The first-order valence-corrected chi connectivity index (χ1v) is 5.23. The molecule has 1 aliphatic rings. The number of halogens is 1. The van der Waals surface area contributed by atoms with E-state index in [0.717, 1.165) is 23.1 Å². The van der Waals surface area contributed by atoms with Gasteiger partial charge in [-0.2, -0.15) is 0 Å². The molecule has 1 heterocycles. The van der Waals surface area contributed by atoms with E-state index < -0.39 is 0 Å². The third-order valence-electron chi connectivity index (χ3n) is 2.32. The van der Waals surface area contributed by atoms with Gasteiger partial charge in [0, 0.05) is 22.3 Å². The van der Waals surface area contributed by atoms with Gasteiger partial charge in [-0.05, 0) is 30.7 Å². The zero-order valence-corrected chi connectivity index (χ0v) is 9.25. The van der Waals surface area contributed by atoms with Gasteiger partial charge in [-0.3, -0.25) is 4.79 Å². The predicted molar refractivity (Wildman–Crippen MR) is 60.3 cm³/mol. The summed E-state index contributed by atoms with van der Waals surface area (Å²) in [4.78, 5) is 13.4. The molecule has 0 saturated carbocycles. The van der Waals surface area contributed by atoms with E-state index in [1.807, 2.05) is 24.3 Å². The first-order valence-electron chi connectivity index (χ1n) is 4.44. The second kappa shape index (κ2) is 3.58. The molecule has 2 rings (SSSR count). The molecule has 0 aliphatic carbocycles. The van der Waals surface area contributed by atoms with Crippen molar-refractivity contribution in [2.45, 2.75) is 6.42 Å². The van der Waals surface area contributed by atoms with Crippen LogP contribution in [0.4, 0.5) is 5.69 Å². The lowest BCUT2D eigenvalue weighted by Crippen LogP contribution is -2.23. The summed E-state index contributed by atoms with van der Waals surface area (Å²) < 4.78 is 1.02. The molecule has 72 valence electrons. The van der Waals surface area contributed by atoms with Crippen LogP contribution in [0.3, 0.4) is 0 Å². The Kier molecular flexibility index (Phi) is 2.42. The second-order valence-corrected chi connectivity index (χ2v) is 4.20. The molecule has 0 atom stereocenters. The molecule has 3 heteroatoms. The summed E-state index contributed by atoms with van der Waals surface area (Å²) in [5.74, 6) is 0.0484. The molecular weight excluding hydrogens is 242 g/mol. The van der Waals surface area contributed by atoms with Crippen molar-refractivity contribution in [3.8, 4) is 0 Å². The predicted octanol–water partition coefficient (Wildman–Crippen LogP) is 2.74. The van der Waals surface area contributed by atoms with Crippen LogP contribution < -0.4 is 4.90 Å². The molecule has 0 bridgehead atoms. The maximum atomic E-state index is 11.6. The van der Waals surface area contributed by atoms with Crippen molar-refractivity contribution < 1.29 is 4.79 Å². The lowest BCUT2D eigenvalue weighted by Gasteiger charge is -2.14. The molecule has 1 amide bonds. The van der Waals surface area contributed by atoms with Crippen LogP contribution >= 0.6 is 15.9 Å². The Hall–Kier alpha value is -1.09. The van der Waals surface area contributed by atoms with E-state index in [-0.39, 0.29) is 5.91 Å². The van der Waals surface area contributed by atoms with E-state index in [4.69, 9.17) is 0 Å². The topological polar surface area (TPSA) is 20.3 Å². The minimum atomic E-state index is 0.0484. The Morgan fingerprint density at radius 1 is 1.29 bits per heavy atom. The van der Waals surface area contributed by atoms with Gasteiger partial charge in [0.15, 0.2) is 0 Å². The summed E-state index contributed by atoms with van der Waals surface area (Å²) in [5.41, 5.74) is 1.64. The molecule has 1 aromatic carbocycles. The lowest BCUT2D eigenvalue weighted by atomic mass is 10.3. The number of hydrogen-bond acceptors (Lipinski definition) is 1. The molecule has 0 aromatic heterocycles. The van der Waals surface area contributed by atoms with Gasteiger partial charge in [0.2, 0.25) is 0 Å². The average Bonchev–Trinajstić information content (AvgIpc) is 2.50. The normalized spacial score (nSPS) is 16.5. The summed E-state index contributed by atoms with van der Waals surface area (Å²) in [6.07, 6.45) is 0.773. The van der Waals surface area contributed by atoms with E-state index >= 15 is 0 Å². The maximum absolute atomic E-state index is 11.6. The molecule has 1 aliphatic heterocycles. The molecule has 14 heavy (non-hydrogen) atoms. The monoisotopic (exact) mass is 251 g/mol. The van der Waals surface area contributed by atoms with Gasteiger partial charge in [0.05, 0.1) is 0 Å². The first-order chi connectivity index (χ1) is 6.68. The number of carbonyl (C=O) groups is 1. The van der Waals surface area contributed by atoms with Crippen molar-refractivity contribution >= 4 is 27.5 Å². The first kappa shape index (κ1) is 9.46. The minimum Gasteiger partial charge on any atom is -0.308 e. The summed E-state index contributed by atoms with van der Waals surface area (Å²) >= 11 is 3.36. The molecule has 1 saturated heterocycles. The standard InChI is InChI=1S/C11H10BrNO/c1-8-6-7-13(11(8)14)10-4-2-9(12)3-5-10/h2-5H,1,6-7H2. The minimum absolute atomic E-state index is 0.0484. The van der Waals surface area contributed by atoms with Crippen molar-refractivity contribution in [1.82, 2.24) is 0 Å². The largest absolute Gasteiger partial charge is 0.308 e. The molecule has 0 N–H and O–H groups in total. The summed E-state index contributed by atoms with van der Waals surface area (Å²) in [6, 6.07) is 7.73. The fourth-order valence-corrected chi connectivity index (χ4v) is 1.78. The molecule has 0 unspecified atom stereocenters. The van der Waals surface area contributed by atoms with E-state index in [0.29, 0.717) is 5.57 Å². The fraction of sp³-hybridized carbons (Fsp3) is 0.182. The van der Waals surface area contributed by atoms with Gasteiger partial charge in [-0.1, -0.05) is 22.5 Å². The van der Waals surface area contributed by atoms with Gasteiger partial charge in [-0.15, -0.1) is 0 Å². The summed E-state index contributed by atoms with van der Waals surface area (Å²) in [6.45, 7) is 4.48. The van der Waals surface area contributed by atoms with Crippen LogP contribution in [0, 0.1) is 0 Å². The zero-order chi connectivity index (χ0) is 10.1. The molecule has 1 fully saturated rings. The Morgan fingerprint density at radius 2 is 1.93 bits per heavy atom. The number of nitrogens with zero attached hydrogens (tertiary/aromatic N) is 1. The van der Waals surface area contributed by atoms with Crippen LogP contribution in [-0.2, 0) is 4.79 Å². The number of carbonyl (C=O) groups excluding carboxylic acids is 1. The number of hydrogen-bond donors (Lipinski definition) is 0. The van der Waals surface area contributed by atoms with Gasteiger partial charge < -0.3 is 4.90 Å². The molecule has 1 aromatic rings. The van der Waals surface area contributed by atoms with E-state index in [2.05, 4.69) is 22.5 Å². The highest BCUT2D eigenvalue weighted by atomic mass is 79.9. The van der Waals surface area contributed by atoms with Crippen molar-refractivity contribution in [2.75, 3.05) is 11.4 Å². The quantitative estimate of drug-likeness (QED) is 0.704. The third kappa shape index (κ3) is 1.60. The Morgan fingerprint density at radius 3 is 2.43 bits per heavy atom. The number of benzene rings is 1. The van der Waals surface area contributed by atoms with Crippen LogP contribution in [0.25, 0.3) is 0 Å². The SMILES string of the molecule is C=C1CCN(c2ccc(Br)cc2)C1=O. The van der Waals surface area contributed by atoms with Crippen molar-refractivity contribution in [1.29, 1.82) is 0 Å². The Labute approximate surface area is 91.3 Å². The van der Waals surface area contributed by atoms with Gasteiger partial charge in [0.1, 0.15) is 0 Å². The van der Waals surface area contributed by atoms with Crippen LogP contribution in [0.5, 0.6) is 0 Å². The van der Waals surface area contributed by atoms with Crippen molar-refractivity contribution in [2.24, 2.45) is 0 Å². The van der Waals surface area contributed by atoms with Crippen LogP contribution in [0.2, 0.25) is 0 Å². The summed E-state index contributed by atoms with van der Waals surface area (Å²) in [5, 5.41) is 0.